The Morgan fingerprint density at radius 3 is 1.26 bits per heavy atom. The van der Waals surface area contributed by atoms with E-state index >= 15 is 0 Å². The molecule has 0 radical (unpaired) electrons. The fraction of sp³-hybridized carbons (Fsp3) is 0.143. The third-order valence-electron chi connectivity index (χ3n) is 5.94. The molecule has 34 heavy (non-hydrogen) atoms. The zero-order valence-corrected chi connectivity index (χ0v) is 19.2. The molecule has 0 aliphatic rings. The summed E-state index contributed by atoms with van der Waals surface area (Å²) in [6.07, 6.45) is 3.52. The molecule has 5 aromatic rings. The number of aromatic amines is 2. The Hall–Kier alpha value is -4.00. The highest BCUT2D eigenvalue weighted by atomic mass is 16.5. The molecule has 0 atom stereocenters. The molecule has 2 N–H and O–H groups in total. The average molecular weight is 451 g/mol. The lowest BCUT2D eigenvalue weighted by Crippen LogP contribution is -1.99. The van der Waals surface area contributed by atoms with Crippen LogP contribution in [-0.2, 0) is 22.7 Å². The van der Waals surface area contributed by atoms with Gasteiger partial charge in [-0.1, -0.05) is 48.5 Å². The van der Waals surface area contributed by atoms with Gasteiger partial charge in [-0.2, -0.15) is 10.2 Å². The van der Waals surface area contributed by atoms with Gasteiger partial charge in [-0.15, -0.1) is 0 Å². The van der Waals surface area contributed by atoms with Crippen LogP contribution in [0.1, 0.15) is 11.1 Å². The summed E-state index contributed by atoms with van der Waals surface area (Å²) in [5.74, 6) is 0. The highest BCUT2D eigenvalue weighted by Crippen LogP contribution is 2.35. The van der Waals surface area contributed by atoms with E-state index in [1.807, 2.05) is 12.1 Å². The van der Waals surface area contributed by atoms with Crippen molar-refractivity contribution in [3.63, 3.8) is 0 Å². The summed E-state index contributed by atoms with van der Waals surface area (Å²) in [6.45, 7) is 1.04. The monoisotopic (exact) mass is 450 g/mol. The van der Waals surface area contributed by atoms with Crippen molar-refractivity contribution < 1.29 is 9.47 Å². The molecule has 6 nitrogen and oxygen atoms in total. The van der Waals surface area contributed by atoms with Crippen LogP contribution in [0.5, 0.6) is 0 Å². The first-order chi connectivity index (χ1) is 16.8. The number of aromatic nitrogens is 4. The van der Waals surface area contributed by atoms with Gasteiger partial charge in [0, 0.05) is 26.6 Å². The van der Waals surface area contributed by atoms with Crippen LogP contribution in [0.2, 0.25) is 0 Å². The molecule has 2 aromatic heterocycles. The molecule has 5 rings (SSSR count). The van der Waals surface area contributed by atoms with Crippen LogP contribution in [0.25, 0.3) is 44.8 Å². The van der Waals surface area contributed by atoms with Gasteiger partial charge in [0.15, 0.2) is 0 Å². The van der Waals surface area contributed by atoms with Gasteiger partial charge >= 0.3 is 0 Å². The van der Waals surface area contributed by atoms with E-state index < -0.39 is 0 Å². The number of benzene rings is 3. The van der Waals surface area contributed by atoms with Crippen molar-refractivity contribution in [2.75, 3.05) is 14.2 Å². The van der Waals surface area contributed by atoms with Gasteiger partial charge in [-0.05, 0) is 68.8 Å². The predicted octanol–water partition coefficient (Wildman–Crippen LogP) is 6.09. The van der Waals surface area contributed by atoms with Crippen molar-refractivity contribution in [3.8, 4) is 44.8 Å². The number of methoxy groups -OCH3 is 2. The summed E-state index contributed by atoms with van der Waals surface area (Å²) >= 11 is 0. The van der Waals surface area contributed by atoms with Crippen molar-refractivity contribution in [1.29, 1.82) is 0 Å². The smallest absolute Gasteiger partial charge is 0.0719 e. The number of ether oxygens (including phenoxy) is 2. The van der Waals surface area contributed by atoms with E-state index in [9.17, 15) is 0 Å². The lowest BCUT2D eigenvalue weighted by Gasteiger charge is -2.17. The highest BCUT2D eigenvalue weighted by Gasteiger charge is 2.14. The molecule has 0 aliphatic heterocycles. The summed E-state index contributed by atoms with van der Waals surface area (Å²) in [7, 11) is 3.46. The van der Waals surface area contributed by atoms with Crippen LogP contribution in [0.15, 0.2) is 85.2 Å². The van der Waals surface area contributed by atoms with Crippen molar-refractivity contribution in [1.82, 2.24) is 20.4 Å². The molecule has 6 heteroatoms. The van der Waals surface area contributed by atoms with Crippen molar-refractivity contribution in [2.24, 2.45) is 0 Å². The fourth-order valence-corrected chi connectivity index (χ4v) is 4.27. The maximum atomic E-state index is 5.58. The largest absolute Gasteiger partial charge is 0.380 e. The maximum Gasteiger partial charge on any atom is 0.0719 e. The van der Waals surface area contributed by atoms with Crippen LogP contribution in [0.4, 0.5) is 0 Å². The van der Waals surface area contributed by atoms with Crippen LogP contribution >= 0.6 is 0 Å². The van der Waals surface area contributed by atoms with Gasteiger partial charge in [-0.25, -0.2) is 0 Å². The molecular formula is C28H26N4O2. The number of H-pyrrole nitrogens is 2. The molecule has 0 aliphatic carbocycles. The van der Waals surface area contributed by atoms with Crippen LogP contribution in [0, 0.1) is 0 Å². The molecule has 2 heterocycles. The number of nitrogens with one attached hydrogen (secondary N) is 2. The summed E-state index contributed by atoms with van der Waals surface area (Å²) in [5, 5.41) is 14.1. The SMILES string of the molecule is COCc1cc(-c2ccc(-c3ccn[nH]3)cc2)c(COC)cc1-c1ccc(-c2ccn[nH]2)cc1. The normalized spacial score (nSPS) is 11.1. The van der Waals surface area contributed by atoms with Crippen molar-refractivity contribution >= 4 is 0 Å². The summed E-state index contributed by atoms with van der Waals surface area (Å²) in [6, 6.07) is 25.4. The van der Waals surface area contributed by atoms with E-state index in [1.165, 1.54) is 0 Å². The quantitative estimate of drug-likeness (QED) is 0.300. The second-order valence-electron chi connectivity index (χ2n) is 8.13. The first kappa shape index (κ1) is 21.8. The molecule has 0 saturated carbocycles. The second kappa shape index (κ2) is 9.87. The lowest BCUT2D eigenvalue weighted by atomic mass is 9.90. The van der Waals surface area contributed by atoms with Crippen molar-refractivity contribution in [3.05, 3.63) is 96.3 Å². The van der Waals surface area contributed by atoms with Crippen LogP contribution in [-0.4, -0.2) is 34.6 Å². The summed E-state index contributed by atoms with van der Waals surface area (Å²) < 4.78 is 11.2. The minimum Gasteiger partial charge on any atom is -0.380 e. The second-order valence-corrected chi connectivity index (χ2v) is 8.13. The zero-order chi connectivity index (χ0) is 23.3. The minimum atomic E-state index is 0.518. The molecule has 0 spiro atoms. The Kier molecular flexibility index (Phi) is 6.33. The molecular weight excluding hydrogens is 424 g/mol. The number of rotatable bonds is 8. The predicted molar refractivity (Wildman–Crippen MR) is 134 cm³/mol. The van der Waals surface area contributed by atoms with Gasteiger partial charge in [0.05, 0.1) is 24.6 Å². The molecule has 170 valence electrons. The first-order valence-electron chi connectivity index (χ1n) is 11.1. The molecule has 0 fully saturated rings. The van der Waals surface area contributed by atoms with E-state index in [4.69, 9.17) is 9.47 Å². The fourth-order valence-electron chi connectivity index (χ4n) is 4.27. The van der Waals surface area contributed by atoms with Gasteiger partial charge in [-0.3, -0.25) is 10.2 Å². The third-order valence-corrected chi connectivity index (χ3v) is 5.94. The van der Waals surface area contributed by atoms with E-state index in [-0.39, 0.29) is 0 Å². The Morgan fingerprint density at radius 2 is 0.941 bits per heavy atom. The number of nitrogens with zero attached hydrogens (tertiary/aromatic N) is 2. The Bertz CT molecular complexity index is 1230. The Morgan fingerprint density at radius 1 is 0.559 bits per heavy atom. The highest BCUT2D eigenvalue weighted by molar-refractivity contribution is 5.78. The van der Waals surface area contributed by atoms with E-state index in [1.54, 1.807) is 26.6 Å². The molecule has 0 unspecified atom stereocenters. The van der Waals surface area contributed by atoms with E-state index in [0.29, 0.717) is 13.2 Å². The first-order valence-corrected chi connectivity index (χ1v) is 11.1. The molecule has 0 amide bonds. The Labute approximate surface area is 198 Å². The van der Waals surface area contributed by atoms with Gasteiger partial charge in [0.2, 0.25) is 0 Å². The van der Waals surface area contributed by atoms with Crippen LogP contribution in [0.3, 0.4) is 0 Å². The summed E-state index contributed by atoms with van der Waals surface area (Å²) in [5.41, 5.74) is 11.0. The average Bonchev–Trinajstić information content (AvgIpc) is 3.60. The van der Waals surface area contributed by atoms with Gasteiger partial charge < -0.3 is 9.47 Å². The third kappa shape index (κ3) is 4.41. The lowest BCUT2D eigenvalue weighted by molar-refractivity contribution is 0.183. The van der Waals surface area contributed by atoms with Gasteiger partial charge in [0.1, 0.15) is 0 Å². The Balaban J connectivity index is 1.55. The zero-order valence-electron chi connectivity index (χ0n) is 19.2. The number of hydrogen-bond acceptors (Lipinski definition) is 4. The molecule has 0 saturated heterocycles. The van der Waals surface area contributed by atoms with E-state index in [2.05, 4.69) is 81.1 Å². The number of hydrogen-bond donors (Lipinski definition) is 2. The summed E-state index contributed by atoms with van der Waals surface area (Å²) in [4.78, 5) is 0. The van der Waals surface area contributed by atoms with E-state index in [0.717, 1.165) is 55.9 Å². The standard InChI is InChI=1S/C28H26N4O2/c1-33-17-23-15-26(20-5-9-22(10-6-20)28-12-14-30-32-28)24(18-34-2)16-25(23)19-3-7-21(8-4-19)27-11-13-29-31-27/h3-16H,17-18H2,1-2H3,(H,29,31)(H,30,32). The van der Waals surface area contributed by atoms with Gasteiger partial charge in [0.25, 0.3) is 0 Å². The molecule has 3 aromatic carbocycles. The van der Waals surface area contributed by atoms with Crippen LogP contribution < -0.4 is 0 Å². The van der Waals surface area contributed by atoms with Crippen molar-refractivity contribution in [2.45, 2.75) is 13.2 Å². The molecule has 0 bridgehead atoms. The minimum absolute atomic E-state index is 0.518. The topological polar surface area (TPSA) is 75.8 Å². The maximum absolute atomic E-state index is 5.58.